The van der Waals surface area contributed by atoms with Crippen molar-refractivity contribution in [1.29, 1.82) is 0 Å². The molecular weight excluding hydrogens is 250 g/mol. The number of carbonyl (C=O) groups is 2. The maximum Gasteiger partial charge on any atom is 0.251 e. The Morgan fingerprint density at radius 2 is 1.45 bits per heavy atom. The Morgan fingerprint density at radius 1 is 0.900 bits per heavy atom. The fourth-order valence-electron chi connectivity index (χ4n) is 1.74. The van der Waals surface area contributed by atoms with Crippen LogP contribution in [0.15, 0.2) is 54.6 Å². The number of carbonyl (C=O) groups excluding carboxylic acids is 2. The third-order valence-corrected chi connectivity index (χ3v) is 2.85. The molecule has 0 aliphatic heterocycles. The summed E-state index contributed by atoms with van der Waals surface area (Å²) < 4.78 is 0. The predicted octanol–water partition coefficient (Wildman–Crippen LogP) is 3.46. The van der Waals surface area contributed by atoms with Gasteiger partial charge >= 0.3 is 0 Å². The Morgan fingerprint density at radius 3 is 2.00 bits per heavy atom. The molecule has 1 N–H and O–H groups in total. The molecule has 20 heavy (non-hydrogen) atoms. The average Bonchev–Trinajstić information content (AvgIpc) is 2.46. The van der Waals surface area contributed by atoms with Gasteiger partial charge in [0.05, 0.1) is 0 Å². The van der Waals surface area contributed by atoms with Crippen LogP contribution in [0.5, 0.6) is 0 Å². The van der Waals surface area contributed by atoms with Crippen LogP contribution in [0.25, 0.3) is 0 Å². The van der Waals surface area contributed by atoms with Crippen LogP contribution in [0.2, 0.25) is 0 Å². The maximum absolute atomic E-state index is 11.9. The van der Waals surface area contributed by atoms with E-state index in [9.17, 15) is 9.59 Å². The summed E-state index contributed by atoms with van der Waals surface area (Å²) >= 11 is 0. The number of benzene rings is 2. The van der Waals surface area contributed by atoms with Crippen molar-refractivity contribution in [2.45, 2.75) is 20.9 Å². The van der Waals surface area contributed by atoms with E-state index in [2.05, 4.69) is 5.32 Å². The predicted molar refractivity (Wildman–Crippen MR) is 80.8 cm³/mol. The monoisotopic (exact) mass is 269 g/mol. The Labute approximate surface area is 119 Å². The molecule has 0 aromatic heterocycles. The molecule has 0 bridgehead atoms. The number of hydrogen-bond donors (Lipinski definition) is 1. The summed E-state index contributed by atoms with van der Waals surface area (Å²) in [5.41, 5.74) is 2.22. The molecule has 0 unspecified atom stereocenters. The molecule has 0 heterocycles. The Balaban J connectivity index is 0.00000200. The molecule has 104 valence electrons. The first-order valence-corrected chi connectivity index (χ1v) is 6.10. The van der Waals surface area contributed by atoms with Crippen LogP contribution < -0.4 is 5.32 Å². The lowest BCUT2D eigenvalue weighted by Gasteiger charge is -2.05. The van der Waals surface area contributed by atoms with E-state index in [4.69, 9.17) is 0 Å². The molecule has 0 aliphatic rings. The third kappa shape index (κ3) is 4.05. The number of amides is 1. The van der Waals surface area contributed by atoms with E-state index in [1.165, 1.54) is 6.92 Å². The second-order valence-corrected chi connectivity index (χ2v) is 4.30. The molecule has 0 saturated heterocycles. The van der Waals surface area contributed by atoms with E-state index in [1.807, 2.05) is 30.3 Å². The maximum atomic E-state index is 11.9. The highest BCUT2D eigenvalue weighted by Gasteiger charge is 2.06. The molecule has 1 amide bonds. The molecule has 0 fully saturated rings. The van der Waals surface area contributed by atoms with Crippen molar-refractivity contribution in [3.63, 3.8) is 0 Å². The fraction of sp³-hybridized carbons (Fsp3) is 0.176. The van der Waals surface area contributed by atoms with Crippen LogP contribution in [-0.2, 0) is 6.54 Å². The summed E-state index contributed by atoms with van der Waals surface area (Å²) in [6.07, 6.45) is 0. The zero-order valence-electron chi connectivity index (χ0n) is 10.7. The van der Waals surface area contributed by atoms with Gasteiger partial charge in [-0.25, -0.2) is 0 Å². The quantitative estimate of drug-likeness (QED) is 0.864. The molecule has 0 radical (unpaired) electrons. The van der Waals surface area contributed by atoms with Crippen molar-refractivity contribution in [3.05, 3.63) is 71.3 Å². The first-order chi connectivity index (χ1) is 9.16. The van der Waals surface area contributed by atoms with Crippen molar-refractivity contribution in [3.8, 4) is 0 Å². The first-order valence-electron chi connectivity index (χ1n) is 6.10. The standard InChI is InChI=1S/C16H15NO2.CH4/c1-12(18)14-7-9-15(10-8-14)16(19)17-11-13-5-3-2-4-6-13;/h2-10H,11H2,1H3,(H,17,19);1H4. The van der Waals surface area contributed by atoms with E-state index in [0.29, 0.717) is 17.7 Å². The summed E-state index contributed by atoms with van der Waals surface area (Å²) in [7, 11) is 0. The van der Waals surface area contributed by atoms with Gasteiger partial charge in [0.15, 0.2) is 5.78 Å². The SMILES string of the molecule is C.CC(=O)c1ccc(C(=O)NCc2ccccc2)cc1. The minimum atomic E-state index is -0.140. The molecule has 2 aromatic carbocycles. The Hall–Kier alpha value is -2.42. The smallest absolute Gasteiger partial charge is 0.251 e. The van der Waals surface area contributed by atoms with E-state index in [0.717, 1.165) is 5.56 Å². The van der Waals surface area contributed by atoms with Gasteiger partial charge in [-0.3, -0.25) is 9.59 Å². The highest BCUT2D eigenvalue weighted by Crippen LogP contribution is 2.06. The average molecular weight is 269 g/mol. The Kier molecular flexibility index (Phi) is 5.66. The van der Waals surface area contributed by atoms with Gasteiger partial charge in [0, 0.05) is 17.7 Å². The number of nitrogens with one attached hydrogen (secondary N) is 1. The lowest BCUT2D eigenvalue weighted by Crippen LogP contribution is -2.22. The highest BCUT2D eigenvalue weighted by molar-refractivity contribution is 5.97. The molecular formula is C17H19NO2. The second-order valence-electron chi connectivity index (χ2n) is 4.30. The molecule has 0 spiro atoms. The van der Waals surface area contributed by atoms with E-state index in [-0.39, 0.29) is 19.1 Å². The van der Waals surface area contributed by atoms with Crippen LogP contribution in [-0.4, -0.2) is 11.7 Å². The molecule has 0 atom stereocenters. The molecule has 0 saturated carbocycles. The van der Waals surface area contributed by atoms with Crippen molar-refractivity contribution in [2.75, 3.05) is 0 Å². The summed E-state index contributed by atoms with van der Waals surface area (Å²) in [6, 6.07) is 16.4. The van der Waals surface area contributed by atoms with E-state index in [1.54, 1.807) is 24.3 Å². The first kappa shape index (κ1) is 15.6. The molecule has 2 rings (SSSR count). The van der Waals surface area contributed by atoms with E-state index >= 15 is 0 Å². The lowest BCUT2D eigenvalue weighted by molar-refractivity contribution is 0.0949. The zero-order valence-corrected chi connectivity index (χ0v) is 10.7. The van der Waals surface area contributed by atoms with Crippen molar-refractivity contribution < 1.29 is 9.59 Å². The van der Waals surface area contributed by atoms with Crippen LogP contribution >= 0.6 is 0 Å². The minimum Gasteiger partial charge on any atom is -0.348 e. The van der Waals surface area contributed by atoms with Gasteiger partial charge in [0.1, 0.15) is 0 Å². The van der Waals surface area contributed by atoms with Crippen LogP contribution in [0.4, 0.5) is 0 Å². The third-order valence-electron chi connectivity index (χ3n) is 2.85. The minimum absolute atomic E-state index is 0. The van der Waals surface area contributed by atoms with E-state index < -0.39 is 0 Å². The molecule has 0 aliphatic carbocycles. The molecule has 3 heteroatoms. The number of hydrogen-bond acceptors (Lipinski definition) is 2. The molecule has 3 nitrogen and oxygen atoms in total. The van der Waals surface area contributed by atoms with Crippen molar-refractivity contribution >= 4 is 11.7 Å². The summed E-state index contributed by atoms with van der Waals surface area (Å²) in [5.74, 6) is -0.143. The van der Waals surface area contributed by atoms with Crippen molar-refractivity contribution in [1.82, 2.24) is 5.32 Å². The zero-order chi connectivity index (χ0) is 13.7. The van der Waals surface area contributed by atoms with Gasteiger partial charge in [-0.15, -0.1) is 0 Å². The summed E-state index contributed by atoms with van der Waals surface area (Å²) in [4.78, 5) is 23.0. The van der Waals surface area contributed by atoms with Crippen LogP contribution in [0.1, 0.15) is 40.6 Å². The van der Waals surface area contributed by atoms with Gasteiger partial charge < -0.3 is 5.32 Å². The summed E-state index contributed by atoms with van der Waals surface area (Å²) in [5, 5.41) is 2.84. The topological polar surface area (TPSA) is 46.2 Å². The van der Waals surface area contributed by atoms with Crippen LogP contribution in [0, 0.1) is 0 Å². The normalized spacial score (nSPS) is 9.45. The second kappa shape index (κ2) is 7.24. The largest absolute Gasteiger partial charge is 0.348 e. The number of Topliss-reactive ketones (excluding diaryl/α,β-unsaturated/α-hetero) is 1. The molecule has 2 aromatic rings. The highest BCUT2D eigenvalue weighted by atomic mass is 16.1. The Bertz CT molecular complexity index is 574. The van der Waals surface area contributed by atoms with Gasteiger partial charge in [0.2, 0.25) is 0 Å². The van der Waals surface area contributed by atoms with Gasteiger partial charge in [-0.1, -0.05) is 49.9 Å². The summed E-state index contributed by atoms with van der Waals surface area (Å²) in [6.45, 7) is 2.00. The van der Waals surface area contributed by atoms with Gasteiger partial charge in [0.25, 0.3) is 5.91 Å². The number of ketones is 1. The number of rotatable bonds is 4. The van der Waals surface area contributed by atoms with Crippen LogP contribution in [0.3, 0.4) is 0 Å². The van der Waals surface area contributed by atoms with Gasteiger partial charge in [-0.2, -0.15) is 0 Å². The van der Waals surface area contributed by atoms with Crippen molar-refractivity contribution in [2.24, 2.45) is 0 Å². The lowest BCUT2D eigenvalue weighted by atomic mass is 10.1. The van der Waals surface area contributed by atoms with Gasteiger partial charge in [-0.05, 0) is 24.6 Å². The fourth-order valence-corrected chi connectivity index (χ4v) is 1.74.